The maximum absolute atomic E-state index is 11.4. The van der Waals surface area contributed by atoms with Crippen molar-refractivity contribution in [3.8, 4) is 5.75 Å². The second kappa shape index (κ2) is 4.21. The van der Waals surface area contributed by atoms with Gasteiger partial charge in [-0.05, 0) is 19.1 Å². The van der Waals surface area contributed by atoms with Gasteiger partial charge in [0.1, 0.15) is 11.9 Å². The fourth-order valence-electron chi connectivity index (χ4n) is 1.05. The molecule has 4 heteroatoms. The zero-order valence-electron chi connectivity index (χ0n) is 7.71. The highest BCUT2D eigenvalue weighted by molar-refractivity contribution is 5.99. The van der Waals surface area contributed by atoms with E-state index < -0.39 is 18.0 Å². The molecular weight excluding hydrogens is 184 g/mol. The molecule has 0 spiro atoms. The van der Waals surface area contributed by atoms with Gasteiger partial charge in [-0.25, -0.2) is 0 Å². The third-order valence-electron chi connectivity index (χ3n) is 1.86. The van der Waals surface area contributed by atoms with Gasteiger partial charge in [0, 0.05) is 5.56 Å². The Morgan fingerprint density at radius 2 is 2.00 bits per heavy atom. The van der Waals surface area contributed by atoms with Crippen molar-refractivity contribution in [3.63, 3.8) is 0 Å². The summed E-state index contributed by atoms with van der Waals surface area (Å²) < 4.78 is 0. The number of aliphatic hydroxyl groups is 2. The molecule has 1 rings (SSSR count). The van der Waals surface area contributed by atoms with Gasteiger partial charge < -0.3 is 15.3 Å². The Balaban J connectivity index is 2.89. The van der Waals surface area contributed by atoms with Crippen LogP contribution in [-0.4, -0.2) is 33.3 Å². The Labute approximate surface area is 81.4 Å². The highest BCUT2D eigenvalue weighted by Gasteiger charge is 2.21. The highest BCUT2D eigenvalue weighted by Crippen LogP contribution is 2.13. The topological polar surface area (TPSA) is 77.8 Å². The van der Waals surface area contributed by atoms with E-state index in [1.165, 1.54) is 31.2 Å². The molecule has 2 unspecified atom stereocenters. The number of carbonyl (C=O) groups is 1. The molecule has 76 valence electrons. The Morgan fingerprint density at radius 1 is 1.36 bits per heavy atom. The largest absolute Gasteiger partial charge is 0.508 e. The summed E-state index contributed by atoms with van der Waals surface area (Å²) in [5.41, 5.74) is 0.179. The molecule has 3 N–H and O–H groups in total. The van der Waals surface area contributed by atoms with Gasteiger partial charge in [-0.15, -0.1) is 0 Å². The molecule has 1 aromatic carbocycles. The van der Waals surface area contributed by atoms with Gasteiger partial charge in [-0.1, -0.05) is 12.1 Å². The molecule has 0 aromatic heterocycles. The van der Waals surface area contributed by atoms with Gasteiger partial charge >= 0.3 is 0 Å². The van der Waals surface area contributed by atoms with Gasteiger partial charge in [0.05, 0.1) is 6.10 Å². The predicted molar refractivity (Wildman–Crippen MR) is 50.1 cm³/mol. The Hall–Kier alpha value is -1.39. The summed E-state index contributed by atoms with van der Waals surface area (Å²) in [5.74, 6) is -0.649. The summed E-state index contributed by atoms with van der Waals surface area (Å²) in [7, 11) is 0. The number of Topliss-reactive ketones (excluding diaryl/α,β-unsaturated/α-hetero) is 1. The zero-order chi connectivity index (χ0) is 10.7. The molecule has 0 radical (unpaired) electrons. The maximum Gasteiger partial charge on any atom is 0.194 e. The lowest BCUT2D eigenvalue weighted by Gasteiger charge is -2.11. The number of ketones is 1. The van der Waals surface area contributed by atoms with Gasteiger partial charge in [0.15, 0.2) is 5.78 Å². The highest BCUT2D eigenvalue weighted by atomic mass is 16.3. The minimum atomic E-state index is -1.45. The smallest absolute Gasteiger partial charge is 0.194 e. The number of hydrogen-bond donors (Lipinski definition) is 3. The van der Waals surface area contributed by atoms with E-state index in [-0.39, 0.29) is 11.3 Å². The monoisotopic (exact) mass is 196 g/mol. The lowest BCUT2D eigenvalue weighted by molar-refractivity contribution is 0.0289. The molecule has 0 saturated carbocycles. The van der Waals surface area contributed by atoms with Crippen LogP contribution >= 0.6 is 0 Å². The molecule has 0 bridgehead atoms. The minimum Gasteiger partial charge on any atom is -0.508 e. The summed E-state index contributed by atoms with van der Waals surface area (Å²) in [5, 5.41) is 27.3. The molecule has 0 aliphatic carbocycles. The summed E-state index contributed by atoms with van der Waals surface area (Å²) in [6.07, 6.45) is -2.57. The minimum absolute atomic E-state index is 0.0476. The molecule has 1 aromatic rings. The fraction of sp³-hybridized carbons (Fsp3) is 0.300. The van der Waals surface area contributed by atoms with Crippen molar-refractivity contribution in [2.45, 2.75) is 19.1 Å². The molecule has 0 aliphatic heterocycles. The van der Waals surface area contributed by atoms with Crippen LogP contribution in [0.15, 0.2) is 24.3 Å². The van der Waals surface area contributed by atoms with E-state index in [0.717, 1.165) is 0 Å². The van der Waals surface area contributed by atoms with Gasteiger partial charge in [-0.3, -0.25) is 4.79 Å². The Morgan fingerprint density at radius 3 is 2.50 bits per heavy atom. The summed E-state index contributed by atoms with van der Waals surface area (Å²) >= 11 is 0. The van der Waals surface area contributed by atoms with Crippen LogP contribution < -0.4 is 0 Å². The molecule has 0 amide bonds. The van der Waals surface area contributed by atoms with E-state index in [4.69, 9.17) is 10.2 Å². The lowest BCUT2D eigenvalue weighted by Crippen LogP contribution is -2.31. The van der Waals surface area contributed by atoms with Crippen molar-refractivity contribution in [2.24, 2.45) is 0 Å². The van der Waals surface area contributed by atoms with Crippen LogP contribution in [0.25, 0.3) is 0 Å². The van der Waals surface area contributed by atoms with Crippen LogP contribution in [0.5, 0.6) is 5.75 Å². The summed E-state index contributed by atoms with van der Waals surface area (Å²) in [4.78, 5) is 11.4. The van der Waals surface area contributed by atoms with E-state index in [9.17, 15) is 9.90 Å². The number of hydrogen-bond acceptors (Lipinski definition) is 4. The number of benzene rings is 1. The van der Waals surface area contributed by atoms with Crippen molar-refractivity contribution >= 4 is 5.78 Å². The Kier molecular flexibility index (Phi) is 3.22. The van der Waals surface area contributed by atoms with E-state index in [2.05, 4.69) is 0 Å². The molecule has 0 aliphatic rings. The van der Waals surface area contributed by atoms with Crippen molar-refractivity contribution in [1.82, 2.24) is 0 Å². The van der Waals surface area contributed by atoms with Crippen LogP contribution in [-0.2, 0) is 0 Å². The van der Waals surface area contributed by atoms with Crippen LogP contribution in [0.4, 0.5) is 0 Å². The quantitative estimate of drug-likeness (QED) is 0.608. The number of phenols is 1. The predicted octanol–water partition coefficient (Wildman–Crippen LogP) is 0.317. The maximum atomic E-state index is 11.4. The number of aliphatic hydroxyl groups excluding tert-OH is 2. The van der Waals surface area contributed by atoms with Gasteiger partial charge in [0.25, 0.3) is 0 Å². The number of aromatic hydroxyl groups is 1. The number of phenolic OH excluding ortho intramolecular Hbond substituents is 1. The van der Waals surface area contributed by atoms with E-state index in [1.807, 2.05) is 0 Å². The summed E-state index contributed by atoms with van der Waals surface area (Å²) in [6, 6.07) is 5.63. The van der Waals surface area contributed by atoms with Crippen LogP contribution in [0.2, 0.25) is 0 Å². The average Bonchev–Trinajstić information content (AvgIpc) is 2.15. The molecule has 2 atom stereocenters. The third-order valence-corrected chi connectivity index (χ3v) is 1.86. The van der Waals surface area contributed by atoms with Crippen LogP contribution in [0.1, 0.15) is 17.3 Å². The molecular formula is C10H12O4. The average molecular weight is 196 g/mol. The number of rotatable bonds is 3. The molecule has 0 heterocycles. The van der Waals surface area contributed by atoms with Gasteiger partial charge in [0.2, 0.25) is 0 Å². The van der Waals surface area contributed by atoms with Crippen molar-refractivity contribution < 1.29 is 20.1 Å². The SMILES string of the molecule is CC(O)C(O)C(=O)c1cccc(O)c1. The molecule has 14 heavy (non-hydrogen) atoms. The Bertz CT molecular complexity index is 333. The first kappa shape index (κ1) is 10.7. The normalized spacial score (nSPS) is 14.8. The van der Waals surface area contributed by atoms with Crippen LogP contribution in [0.3, 0.4) is 0 Å². The van der Waals surface area contributed by atoms with E-state index >= 15 is 0 Å². The lowest BCUT2D eigenvalue weighted by atomic mass is 10.0. The number of carbonyl (C=O) groups excluding carboxylic acids is 1. The molecule has 0 saturated heterocycles. The summed E-state index contributed by atoms with van der Waals surface area (Å²) in [6.45, 7) is 1.32. The van der Waals surface area contributed by atoms with Crippen molar-refractivity contribution in [2.75, 3.05) is 0 Å². The second-order valence-corrected chi connectivity index (χ2v) is 3.10. The first-order chi connectivity index (χ1) is 6.52. The second-order valence-electron chi connectivity index (χ2n) is 3.10. The third kappa shape index (κ3) is 2.31. The fourth-order valence-corrected chi connectivity index (χ4v) is 1.05. The standard InChI is InChI=1S/C10H12O4/c1-6(11)9(13)10(14)7-3-2-4-8(12)5-7/h2-6,9,11-13H,1H3. The van der Waals surface area contributed by atoms with Gasteiger partial charge in [-0.2, -0.15) is 0 Å². The molecule has 4 nitrogen and oxygen atoms in total. The van der Waals surface area contributed by atoms with E-state index in [1.54, 1.807) is 0 Å². The van der Waals surface area contributed by atoms with Crippen LogP contribution in [0, 0.1) is 0 Å². The molecule has 0 fully saturated rings. The van der Waals surface area contributed by atoms with E-state index in [0.29, 0.717) is 0 Å². The first-order valence-electron chi connectivity index (χ1n) is 4.21. The first-order valence-corrected chi connectivity index (χ1v) is 4.21. The zero-order valence-corrected chi connectivity index (χ0v) is 7.71. The van der Waals surface area contributed by atoms with Crippen molar-refractivity contribution in [3.05, 3.63) is 29.8 Å². The van der Waals surface area contributed by atoms with Crippen molar-refractivity contribution in [1.29, 1.82) is 0 Å².